The zero-order valence-corrected chi connectivity index (χ0v) is 22.5. The van der Waals surface area contributed by atoms with Crippen LogP contribution in [0, 0.1) is 0 Å². The number of aryl methyl sites for hydroxylation is 1. The maximum atomic E-state index is 12.5. The van der Waals surface area contributed by atoms with Gasteiger partial charge in [-0.15, -0.1) is 11.8 Å². The Morgan fingerprint density at radius 1 is 0.676 bits per heavy atom. The number of rotatable bonds is 19. The molecular weight excluding hydrogens is 432 g/mol. The van der Waals surface area contributed by atoms with Gasteiger partial charge in [-0.2, -0.15) is 0 Å². The highest BCUT2D eigenvalue weighted by Crippen LogP contribution is 2.17. The minimum Gasteiger partial charge on any atom is -0.289 e. The van der Waals surface area contributed by atoms with Crippen molar-refractivity contribution < 1.29 is 4.79 Å². The predicted molar refractivity (Wildman–Crippen MR) is 152 cm³/mol. The van der Waals surface area contributed by atoms with E-state index in [2.05, 4.69) is 49.6 Å². The monoisotopic (exact) mass is 478 g/mol. The minimum absolute atomic E-state index is 0.0667. The fourth-order valence-corrected chi connectivity index (χ4v) is 4.75. The number of hydrogen-bond acceptors (Lipinski definition) is 2. The Morgan fingerprint density at radius 3 is 1.68 bits per heavy atom. The number of carbonyl (C=O) groups is 1. The summed E-state index contributed by atoms with van der Waals surface area (Å²) in [6.07, 6.45) is 26.3. The predicted octanol–water partition coefficient (Wildman–Crippen LogP) is 10.3. The fraction of sp³-hybridized carbons (Fsp3) is 0.531. The first-order chi connectivity index (χ1) is 16.7. The van der Waals surface area contributed by atoms with Gasteiger partial charge in [0.05, 0.1) is 0 Å². The van der Waals surface area contributed by atoms with Gasteiger partial charge in [0.1, 0.15) is 0 Å². The Bertz CT molecular complexity index is 804. The minimum atomic E-state index is 0.0667. The van der Waals surface area contributed by atoms with Crippen molar-refractivity contribution in [3.8, 4) is 0 Å². The lowest BCUT2D eigenvalue weighted by atomic mass is 10.0. The number of allylic oxidation sites excluding steroid dienone is 1. The summed E-state index contributed by atoms with van der Waals surface area (Å²) in [5, 5.41) is 0. The first-order valence-corrected chi connectivity index (χ1v) is 14.9. The van der Waals surface area contributed by atoms with Crippen molar-refractivity contribution in [3.63, 3.8) is 0 Å². The quantitative estimate of drug-likeness (QED) is 0.0864. The zero-order valence-electron chi connectivity index (χ0n) is 21.7. The largest absolute Gasteiger partial charge is 0.289 e. The van der Waals surface area contributed by atoms with Crippen LogP contribution in [0.2, 0.25) is 0 Å². The number of benzene rings is 2. The van der Waals surface area contributed by atoms with Crippen LogP contribution in [0.5, 0.6) is 0 Å². The van der Waals surface area contributed by atoms with Crippen molar-refractivity contribution in [2.45, 2.75) is 108 Å². The molecule has 0 saturated carbocycles. The molecule has 0 bridgehead atoms. The third-order valence-electron chi connectivity index (χ3n) is 6.60. The molecule has 1 nitrogen and oxygen atoms in total. The molecule has 0 aliphatic carbocycles. The van der Waals surface area contributed by atoms with Crippen LogP contribution in [0.3, 0.4) is 0 Å². The molecule has 0 aliphatic heterocycles. The van der Waals surface area contributed by atoms with Gasteiger partial charge >= 0.3 is 0 Å². The number of unbranched alkanes of at least 4 members (excludes halogenated alkanes) is 13. The van der Waals surface area contributed by atoms with Crippen molar-refractivity contribution in [2.75, 3.05) is 6.26 Å². The lowest BCUT2D eigenvalue weighted by Crippen LogP contribution is -1.95. The summed E-state index contributed by atoms with van der Waals surface area (Å²) < 4.78 is 0. The van der Waals surface area contributed by atoms with Crippen LogP contribution in [0.1, 0.15) is 118 Å². The third-order valence-corrected chi connectivity index (χ3v) is 7.34. The first-order valence-electron chi connectivity index (χ1n) is 13.7. The lowest BCUT2D eigenvalue weighted by molar-refractivity contribution is 0.104. The Kier molecular flexibility index (Phi) is 15.5. The summed E-state index contributed by atoms with van der Waals surface area (Å²) in [6.45, 7) is 2.29. The maximum Gasteiger partial charge on any atom is 0.185 e. The number of ketones is 1. The molecule has 2 aromatic carbocycles. The summed E-state index contributed by atoms with van der Waals surface area (Å²) in [6, 6.07) is 16.5. The second kappa shape index (κ2) is 18.5. The number of hydrogen-bond donors (Lipinski definition) is 0. The van der Waals surface area contributed by atoms with E-state index in [1.165, 1.54) is 100 Å². The number of thioether (sulfide) groups is 1. The summed E-state index contributed by atoms with van der Waals surface area (Å²) in [5.41, 5.74) is 3.16. The van der Waals surface area contributed by atoms with E-state index in [4.69, 9.17) is 0 Å². The van der Waals surface area contributed by atoms with Crippen LogP contribution >= 0.6 is 11.8 Å². The highest BCUT2D eigenvalue weighted by molar-refractivity contribution is 7.98. The molecule has 34 heavy (non-hydrogen) atoms. The normalized spacial score (nSPS) is 11.4. The van der Waals surface area contributed by atoms with Crippen LogP contribution in [0.4, 0.5) is 0 Å². The van der Waals surface area contributed by atoms with Gasteiger partial charge in [0.15, 0.2) is 5.78 Å². The molecule has 0 N–H and O–H groups in total. The molecule has 0 fully saturated rings. The lowest BCUT2D eigenvalue weighted by Gasteiger charge is -2.04. The van der Waals surface area contributed by atoms with Crippen LogP contribution in [0.15, 0.2) is 59.5 Å². The van der Waals surface area contributed by atoms with E-state index in [9.17, 15) is 4.79 Å². The average Bonchev–Trinajstić information content (AvgIpc) is 2.88. The smallest absolute Gasteiger partial charge is 0.185 e. The second-order valence-corrected chi connectivity index (χ2v) is 10.4. The summed E-state index contributed by atoms with van der Waals surface area (Å²) >= 11 is 1.72. The fourth-order valence-electron chi connectivity index (χ4n) is 4.34. The zero-order chi connectivity index (χ0) is 24.3. The van der Waals surface area contributed by atoms with E-state index >= 15 is 0 Å². The SMILES string of the molecule is CCCCCCCCCCCCCCCCc1ccc(C(=O)/C=C/c2ccc(SC)cc2)cc1. The van der Waals surface area contributed by atoms with Gasteiger partial charge in [-0.05, 0) is 48.4 Å². The van der Waals surface area contributed by atoms with E-state index in [1.54, 1.807) is 17.8 Å². The molecule has 2 heteroatoms. The van der Waals surface area contributed by atoms with Crippen molar-refractivity contribution >= 4 is 23.6 Å². The standard InChI is InChI=1S/C32H46OS/c1-3-4-5-6-7-8-9-10-11-12-13-14-15-16-17-28-18-23-30(24-19-28)32(33)27-22-29-20-25-31(34-2)26-21-29/h18-27H,3-17H2,1-2H3/b27-22+. The Labute approximate surface area is 213 Å². The molecule has 2 aromatic rings. The highest BCUT2D eigenvalue weighted by Gasteiger charge is 2.02. The molecule has 0 heterocycles. The van der Waals surface area contributed by atoms with E-state index in [0.717, 1.165) is 17.5 Å². The summed E-state index contributed by atoms with van der Waals surface area (Å²) in [7, 11) is 0. The molecule has 0 aromatic heterocycles. The van der Waals surface area contributed by atoms with Gasteiger partial charge in [-0.3, -0.25) is 4.79 Å². The second-order valence-electron chi connectivity index (χ2n) is 9.51. The molecule has 0 spiro atoms. The first kappa shape index (κ1) is 28.4. The van der Waals surface area contributed by atoms with E-state index in [0.29, 0.717) is 0 Å². The Morgan fingerprint density at radius 2 is 1.18 bits per heavy atom. The topological polar surface area (TPSA) is 17.1 Å². The molecular formula is C32H46OS. The van der Waals surface area contributed by atoms with Crippen LogP contribution in [0.25, 0.3) is 6.08 Å². The molecule has 0 unspecified atom stereocenters. The van der Waals surface area contributed by atoms with E-state index in [-0.39, 0.29) is 5.78 Å². The van der Waals surface area contributed by atoms with Gasteiger partial charge in [0.2, 0.25) is 0 Å². The highest BCUT2D eigenvalue weighted by atomic mass is 32.2. The van der Waals surface area contributed by atoms with Crippen molar-refractivity contribution in [2.24, 2.45) is 0 Å². The van der Waals surface area contributed by atoms with Crippen molar-refractivity contribution in [1.29, 1.82) is 0 Å². The van der Waals surface area contributed by atoms with E-state index < -0.39 is 0 Å². The van der Waals surface area contributed by atoms with Gasteiger partial charge < -0.3 is 0 Å². The molecule has 186 valence electrons. The van der Waals surface area contributed by atoms with Gasteiger partial charge in [-0.1, -0.05) is 133 Å². The third kappa shape index (κ3) is 12.6. The summed E-state index contributed by atoms with van der Waals surface area (Å²) in [4.78, 5) is 13.7. The van der Waals surface area contributed by atoms with Crippen LogP contribution < -0.4 is 0 Å². The molecule has 0 saturated heterocycles. The summed E-state index contributed by atoms with van der Waals surface area (Å²) in [5.74, 6) is 0.0667. The van der Waals surface area contributed by atoms with Crippen molar-refractivity contribution in [3.05, 3.63) is 71.3 Å². The Balaban J connectivity index is 1.51. The number of carbonyl (C=O) groups excluding carboxylic acids is 1. The Hall–Kier alpha value is -1.80. The van der Waals surface area contributed by atoms with Crippen molar-refractivity contribution in [1.82, 2.24) is 0 Å². The van der Waals surface area contributed by atoms with Gasteiger partial charge in [0.25, 0.3) is 0 Å². The average molecular weight is 479 g/mol. The molecule has 0 atom stereocenters. The molecule has 0 amide bonds. The molecule has 2 rings (SSSR count). The van der Waals surface area contributed by atoms with Crippen LogP contribution in [-0.4, -0.2) is 12.0 Å². The van der Waals surface area contributed by atoms with E-state index in [1.807, 2.05) is 18.2 Å². The van der Waals surface area contributed by atoms with Gasteiger partial charge in [-0.25, -0.2) is 0 Å². The molecule has 0 radical (unpaired) electrons. The maximum absolute atomic E-state index is 12.5. The van der Waals surface area contributed by atoms with Gasteiger partial charge in [0, 0.05) is 10.5 Å². The molecule has 0 aliphatic rings. The van der Waals surface area contributed by atoms with Crippen LogP contribution in [-0.2, 0) is 6.42 Å².